The molecular formula is C12H9F3N2O3. The third-order valence-corrected chi connectivity index (χ3v) is 2.75. The predicted octanol–water partition coefficient (Wildman–Crippen LogP) is 0.981. The molecule has 1 aromatic carbocycles. The smallest absolute Gasteiger partial charge is 0.352 e. The number of alkyl halides is 3. The number of aldehydes is 1. The highest BCUT2D eigenvalue weighted by Gasteiger charge is 2.36. The highest BCUT2D eigenvalue weighted by molar-refractivity contribution is 6.02. The monoisotopic (exact) mass is 286 g/mol. The van der Waals surface area contributed by atoms with E-state index in [1.165, 1.54) is 6.07 Å². The molecule has 0 radical (unpaired) electrons. The Bertz CT molecular complexity index is 568. The molecule has 1 heterocycles. The zero-order valence-corrected chi connectivity index (χ0v) is 10.0. The van der Waals surface area contributed by atoms with Crippen LogP contribution in [-0.4, -0.2) is 31.2 Å². The SMILES string of the molecule is O=Cc1ccc(N2CC(=O)NC(=O)C2)c(C(F)(F)F)c1. The maximum Gasteiger partial charge on any atom is 0.418 e. The van der Waals surface area contributed by atoms with Gasteiger partial charge in [0.15, 0.2) is 0 Å². The average Bonchev–Trinajstić information content (AvgIpc) is 2.35. The van der Waals surface area contributed by atoms with E-state index in [4.69, 9.17) is 0 Å². The van der Waals surface area contributed by atoms with Gasteiger partial charge in [-0.3, -0.25) is 19.7 Å². The molecule has 20 heavy (non-hydrogen) atoms. The Labute approximate surface area is 111 Å². The number of anilines is 1. The number of halogens is 3. The van der Waals surface area contributed by atoms with Gasteiger partial charge in [-0.05, 0) is 18.2 Å². The fraction of sp³-hybridized carbons (Fsp3) is 0.250. The Morgan fingerprint density at radius 3 is 2.25 bits per heavy atom. The maximum atomic E-state index is 13.0. The van der Waals surface area contributed by atoms with Gasteiger partial charge in [-0.2, -0.15) is 13.2 Å². The van der Waals surface area contributed by atoms with Crippen LogP contribution in [0.3, 0.4) is 0 Å². The minimum Gasteiger partial charge on any atom is -0.352 e. The second-order valence-electron chi connectivity index (χ2n) is 4.22. The first-order valence-electron chi connectivity index (χ1n) is 5.55. The second-order valence-corrected chi connectivity index (χ2v) is 4.22. The van der Waals surface area contributed by atoms with Gasteiger partial charge >= 0.3 is 6.18 Å². The summed E-state index contributed by atoms with van der Waals surface area (Å²) in [6.07, 6.45) is -4.39. The van der Waals surface area contributed by atoms with Crippen LogP contribution in [0.2, 0.25) is 0 Å². The van der Waals surface area contributed by atoms with Crippen molar-refractivity contribution in [3.05, 3.63) is 29.3 Å². The molecular weight excluding hydrogens is 277 g/mol. The van der Waals surface area contributed by atoms with Crippen molar-refractivity contribution in [1.29, 1.82) is 0 Å². The van der Waals surface area contributed by atoms with Crippen LogP contribution in [0.4, 0.5) is 18.9 Å². The van der Waals surface area contributed by atoms with Gasteiger partial charge in [0.1, 0.15) is 6.29 Å². The van der Waals surface area contributed by atoms with Crippen LogP contribution in [-0.2, 0) is 15.8 Å². The first kappa shape index (κ1) is 14.0. The molecule has 0 atom stereocenters. The molecule has 0 aliphatic carbocycles. The number of hydrogen-bond acceptors (Lipinski definition) is 4. The molecule has 0 saturated carbocycles. The minimum atomic E-state index is -4.69. The zero-order chi connectivity index (χ0) is 14.9. The fourth-order valence-corrected chi connectivity index (χ4v) is 1.94. The quantitative estimate of drug-likeness (QED) is 0.650. The minimum absolute atomic E-state index is 0.131. The van der Waals surface area contributed by atoms with E-state index in [1.54, 1.807) is 0 Å². The Kier molecular flexibility index (Phi) is 3.47. The van der Waals surface area contributed by atoms with E-state index in [1.807, 2.05) is 5.32 Å². The lowest BCUT2D eigenvalue weighted by Gasteiger charge is -2.29. The molecule has 1 N–H and O–H groups in total. The largest absolute Gasteiger partial charge is 0.418 e. The van der Waals surface area contributed by atoms with E-state index in [2.05, 4.69) is 0 Å². The summed E-state index contributed by atoms with van der Waals surface area (Å²) in [5.41, 5.74) is -1.48. The summed E-state index contributed by atoms with van der Waals surface area (Å²) < 4.78 is 39.0. The highest BCUT2D eigenvalue weighted by Crippen LogP contribution is 2.37. The van der Waals surface area contributed by atoms with Gasteiger partial charge in [0.05, 0.1) is 18.7 Å². The van der Waals surface area contributed by atoms with Crippen molar-refractivity contribution >= 4 is 23.8 Å². The fourth-order valence-electron chi connectivity index (χ4n) is 1.94. The normalized spacial score (nSPS) is 16.1. The Morgan fingerprint density at radius 1 is 1.15 bits per heavy atom. The maximum absolute atomic E-state index is 13.0. The molecule has 1 aromatic rings. The van der Waals surface area contributed by atoms with Gasteiger partial charge in [-0.25, -0.2) is 0 Å². The average molecular weight is 286 g/mol. The van der Waals surface area contributed by atoms with Crippen molar-refractivity contribution in [3.8, 4) is 0 Å². The Hall–Kier alpha value is -2.38. The summed E-state index contributed by atoms with van der Waals surface area (Å²) in [5.74, 6) is -1.34. The van der Waals surface area contributed by atoms with Gasteiger partial charge in [-0.1, -0.05) is 0 Å². The van der Waals surface area contributed by atoms with E-state index >= 15 is 0 Å². The van der Waals surface area contributed by atoms with Gasteiger partial charge in [-0.15, -0.1) is 0 Å². The van der Waals surface area contributed by atoms with Crippen molar-refractivity contribution in [3.63, 3.8) is 0 Å². The standard InChI is InChI=1S/C12H9F3N2O3/c13-12(14,15)8-3-7(6-18)1-2-9(8)17-4-10(19)16-11(20)5-17/h1-3,6H,4-5H2,(H,16,19,20). The van der Waals surface area contributed by atoms with E-state index in [0.717, 1.165) is 11.0 Å². The molecule has 1 saturated heterocycles. The molecule has 5 nitrogen and oxygen atoms in total. The number of carbonyl (C=O) groups excluding carboxylic acids is 3. The van der Waals surface area contributed by atoms with Gasteiger partial charge < -0.3 is 4.90 Å². The van der Waals surface area contributed by atoms with Crippen molar-refractivity contribution in [2.45, 2.75) is 6.18 Å². The van der Waals surface area contributed by atoms with Crippen molar-refractivity contribution in [2.75, 3.05) is 18.0 Å². The van der Waals surface area contributed by atoms with Gasteiger partial charge in [0, 0.05) is 11.3 Å². The first-order valence-corrected chi connectivity index (χ1v) is 5.55. The number of hydrogen-bond donors (Lipinski definition) is 1. The molecule has 0 unspecified atom stereocenters. The Balaban J connectivity index is 2.47. The summed E-state index contributed by atoms with van der Waals surface area (Å²) >= 11 is 0. The molecule has 1 fully saturated rings. The molecule has 0 aromatic heterocycles. The topological polar surface area (TPSA) is 66.5 Å². The van der Waals surface area contributed by atoms with Crippen LogP contribution in [0.1, 0.15) is 15.9 Å². The van der Waals surface area contributed by atoms with Crippen LogP contribution in [0.25, 0.3) is 0 Å². The predicted molar refractivity (Wildman–Crippen MR) is 62.2 cm³/mol. The summed E-state index contributed by atoms with van der Waals surface area (Å²) in [6, 6.07) is 2.98. The molecule has 2 rings (SSSR count). The lowest BCUT2D eigenvalue weighted by Crippen LogP contribution is -2.51. The van der Waals surface area contributed by atoms with E-state index in [0.29, 0.717) is 12.4 Å². The molecule has 106 valence electrons. The number of nitrogens with one attached hydrogen (secondary N) is 1. The van der Waals surface area contributed by atoms with E-state index < -0.39 is 23.6 Å². The first-order chi connectivity index (χ1) is 9.31. The molecule has 8 heteroatoms. The van der Waals surface area contributed by atoms with E-state index in [9.17, 15) is 27.6 Å². The van der Waals surface area contributed by atoms with E-state index in [-0.39, 0.29) is 24.3 Å². The second kappa shape index (κ2) is 4.95. The summed E-state index contributed by atoms with van der Waals surface area (Å²) in [7, 11) is 0. The molecule has 2 amide bonds. The third-order valence-electron chi connectivity index (χ3n) is 2.75. The number of imide groups is 1. The van der Waals surface area contributed by atoms with Crippen molar-refractivity contribution in [1.82, 2.24) is 5.32 Å². The lowest BCUT2D eigenvalue weighted by atomic mass is 10.1. The van der Waals surface area contributed by atoms with Crippen LogP contribution < -0.4 is 10.2 Å². The Morgan fingerprint density at radius 2 is 1.75 bits per heavy atom. The number of benzene rings is 1. The third kappa shape index (κ3) is 2.79. The zero-order valence-electron chi connectivity index (χ0n) is 10.0. The van der Waals surface area contributed by atoms with Crippen LogP contribution >= 0.6 is 0 Å². The summed E-state index contributed by atoms with van der Waals surface area (Å²) in [4.78, 5) is 34.1. The summed E-state index contributed by atoms with van der Waals surface area (Å²) in [6.45, 7) is -0.704. The lowest BCUT2D eigenvalue weighted by molar-refractivity contribution is -0.138. The number of carbonyl (C=O) groups is 3. The number of amides is 2. The van der Waals surface area contributed by atoms with Crippen LogP contribution in [0, 0.1) is 0 Å². The van der Waals surface area contributed by atoms with Crippen LogP contribution in [0.15, 0.2) is 18.2 Å². The molecule has 0 bridgehead atoms. The molecule has 0 spiro atoms. The number of nitrogens with zero attached hydrogens (tertiary/aromatic N) is 1. The number of rotatable bonds is 2. The molecule has 1 aliphatic rings. The molecule has 1 aliphatic heterocycles. The van der Waals surface area contributed by atoms with Gasteiger partial charge in [0.25, 0.3) is 0 Å². The van der Waals surface area contributed by atoms with Gasteiger partial charge in [0.2, 0.25) is 11.8 Å². The highest BCUT2D eigenvalue weighted by atomic mass is 19.4. The van der Waals surface area contributed by atoms with Crippen LogP contribution in [0.5, 0.6) is 0 Å². The summed E-state index contributed by atoms with van der Waals surface area (Å²) in [5, 5.41) is 2.00. The van der Waals surface area contributed by atoms with Crippen molar-refractivity contribution in [2.24, 2.45) is 0 Å². The number of piperazine rings is 1. The van der Waals surface area contributed by atoms with Crippen molar-refractivity contribution < 1.29 is 27.6 Å².